The molecular weight excluding hydrogens is 933 g/mol. The number of benzene rings is 2. The first-order chi connectivity index (χ1) is 37.6. The molecule has 0 atom stereocenters. The maximum Gasteiger partial charge on any atom is 0.206 e. The van der Waals surface area contributed by atoms with Gasteiger partial charge in [-0.3, -0.25) is 19.9 Å². The lowest BCUT2D eigenvalue weighted by atomic mass is 10.0. The van der Waals surface area contributed by atoms with E-state index < -0.39 is 0 Å². The van der Waals surface area contributed by atoms with Crippen LogP contribution in [0.4, 0.5) is 0 Å². The van der Waals surface area contributed by atoms with Gasteiger partial charge in [-0.05, 0) is 117 Å². The Morgan fingerprint density at radius 1 is 0.237 bits per heavy atom. The van der Waals surface area contributed by atoms with Crippen LogP contribution in [0.5, 0.6) is 0 Å². The number of aromatic nitrogens is 10. The van der Waals surface area contributed by atoms with Gasteiger partial charge in [0.25, 0.3) is 0 Å². The summed E-state index contributed by atoms with van der Waals surface area (Å²) < 4.78 is 8.91. The van der Waals surface area contributed by atoms with E-state index in [1.165, 1.54) is 33.4 Å². The molecule has 0 amide bonds. The third-order valence-corrected chi connectivity index (χ3v) is 13.5. The Morgan fingerprint density at radius 2 is 0.500 bits per heavy atom. The van der Waals surface area contributed by atoms with Crippen LogP contribution in [-0.2, 0) is 26.2 Å². The molecule has 0 saturated heterocycles. The lowest BCUT2D eigenvalue weighted by molar-refractivity contribution is -0.778. The smallest absolute Gasteiger partial charge is 0.206 e. The Bertz CT molecular complexity index is 3470. The summed E-state index contributed by atoms with van der Waals surface area (Å²) in [5.74, 6) is 0. The van der Waals surface area contributed by atoms with E-state index in [9.17, 15) is 0 Å². The molecule has 362 valence electrons. The zero-order chi connectivity index (χ0) is 50.9. The highest BCUT2D eigenvalue weighted by Crippen LogP contribution is 2.31. The number of rotatable bonds is 15. The maximum atomic E-state index is 4.93. The van der Waals surface area contributed by atoms with Gasteiger partial charge in [-0.2, -0.15) is 9.13 Å². The molecule has 10 nitrogen and oxygen atoms in total. The predicted octanol–water partition coefficient (Wildman–Crippen LogP) is 11.3. The second-order valence-electron chi connectivity index (χ2n) is 18.7. The van der Waals surface area contributed by atoms with Crippen molar-refractivity contribution in [2.24, 2.45) is 0 Å². The maximum absolute atomic E-state index is 4.93. The number of hydrogen-bond donors (Lipinski definition) is 0. The molecule has 10 heterocycles. The monoisotopic (exact) mass is 984 g/mol. The lowest BCUT2D eigenvalue weighted by Gasteiger charge is -2.10. The van der Waals surface area contributed by atoms with Gasteiger partial charge in [0.2, 0.25) is 13.1 Å². The van der Waals surface area contributed by atoms with E-state index in [0.29, 0.717) is 0 Å². The van der Waals surface area contributed by atoms with E-state index in [-0.39, 0.29) is 0 Å². The molecule has 12 aromatic rings. The van der Waals surface area contributed by atoms with E-state index in [1.54, 1.807) is 24.8 Å². The standard InChI is InChI=1S/C66H52N10/c1-5-29-67-59(9-1)63-43-57(44-64(71-63)60-10-2-6-30-68-60)51-17-13-49(14-18-51)47-75-37-25-55(26-38-75)53-21-33-73(34-22-53)41-42-74-35-23-54(24-36-74)56-27-39-76(40-28-56)48-50-15-19-52(20-16-50)58-45-65(61-11-3-7-31-69-61)72-66(46-58)62-12-4-8-32-70-62/h1-40,43-46H,41-42,47-48H2/q+4. The highest BCUT2D eigenvalue weighted by atomic mass is 15.0. The minimum Gasteiger partial charge on any atom is -0.255 e. The summed E-state index contributed by atoms with van der Waals surface area (Å²) in [5.41, 5.74) is 18.1. The van der Waals surface area contributed by atoms with Crippen LogP contribution in [0.25, 0.3) is 90.1 Å². The Kier molecular flexibility index (Phi) is 13.6. The Labute approximate surface area is 442 Å². The van der Waals surface area contributed by atoms with E-state index >= 15 is 0 Å². The normalized spacial score (nSPS) is 11.1. The second kappa shape index (κ2) is 22.0. The average Bonchev–Trinajstić information content (AvgIpc) is 3.51. The molecule has 0 fully saturated rings. The van der Waals surface area contributed by atoms with Crippen LogP contribution < -0.4 is 18.3 Å². The summed E-state index contributed by atoms with van der Waals surface area (Å²) in [6, 6.07) is 67.1. The summed E-state index contributed by atoms with van der Waals surface area (Å²) in [6.45, 7) is 3.27. The van der Waals surface area contributed by atoms with Crippen molar-refractivity contribution in [3.05, 3.63) is 280 Å². The van der Waals surface area contributed by atoms with Crippen LogP contribution in [0.3, 0.4) is 0 Å². The molecule has 0 radical (unpaired) electrons. The van der Waals surface area contributed by atoms with Crippen LogP contribution in [0.1, 0.15) is 11.1 Å². The van der Waals surface area contributed by atoms with Crippen molar-refractivity contribution in [1.29, 1.82) is 0 Å². The van der Waals surface area contributed by atoms with Gasteiger partial charge in [0.05, 0.1) is 45.6 Å². The van der Waals surface area contributed by atoms with Gasteiger partial charge in [0.15, 0.2) is 62.7 Å². The molecule has 12 rings (SSSR count). The van der Waals surface area contributed by atoms with Crippen LogP contribution in [0.15, 0.2) is 268 Å². The van der Waals surface area contributed by atoms with Gasteiger partial charge in [-0.25, -0.2) is 19.1 Å². The van der Waals surface area contributed by atoms with Crippen molar-refractivity contribution in [1.82, 2.24) is 29.9 Å². The highest BCUT2D eigenvalue weighted by Gasteiger charge is 2.15. The first-order valence-electron chi connectivity index (χ1n) is 25.4. The quantitative estimate of drug-likeness (QED) is 0.0950. The van der Waals surface area contributed by atoms with Crippen molar-refractivity contribution in [3.63, 3.8) is 0 Å². The van der Waals surface area contributed by atoms with Crippen LogP contribution in [-0.4, -0.2) is 29.9 Å². The lowest BCUT2D eigenvalue weighted by Crippen LogP contribution is -2.43. The van der Waals surface area contributed by atoms with Crippen LogP contribution >= 0.6 is 0 Å². The number of aryl methyl sites for hydroxylation is 2. The summed E-state index contributed by atoms with van der Waals surface area (Å²) >= 11 is 0. The zero-order valence-electron chi connectivity index (χ0n) is 41.7. The van der Waals surface area contributed by atoms with E-state index in [2.05, 4.69) is 209 Å². The van der Waals surface area contributed by atoms with Crippen LogP contribution in [0, 0.1) is 0 Å². The third kappa shape index (κ3) is 11.1. The van der Waals surface area contributed by atoms with E-state index in [1.807, 2.05) is 72.8 Å². The minimum atomic E-state index is 0.769. The Morgan fingerprint density at radius 3 is 0.763 bits per heavy atom. The fraction of sp³-hybridized carbons (Fsp3) is 0.0606. The van der Waals surface area contributed by atoms with E-state index in [4.69, 9.17) is 9.97 Å². The molecule has 10 aromatic heterocycles. The van der Waals surface area contributed by atoms with Crippen molar-refractivity contribution < 1.29 is 18.3 Å². The molecule has 0 aliphatic carbocycles. The van der Waals surface area contributed by atoms with Crippen molar-refractivity contribution in [2.75, 3.05) is 0 Å². The number of pyridine rings is 10. The topological polar surface area (TPSA) is 92.9 Å². The molecule has 76 heavy (non-hydrogen) atoms. The first kappa shape index (κ1) is 47.0. The van der Waals surface area contributed by atoms with Crippen molar-refractivity contribution >= 4 is 0 Å². The fourth-order valence-electron chi connectivity index (χ4n) is 9.34. The zero-order valence-corrected chi connectivity index (χ0v) is 41.7. The molecule has 0 unspecified atom stereocenters. The molecule has 0 bridgehead atoms. The number of hydrogen-bond acceptors (Lipinski definition) is 6. The van der Waals surface area contributed by atoms with Gasteiger partial charge in [-0.15, -0.1) is 0 Å². The summed E-state index contributed by atoms with van der Waals surface area (Å²) in [7, 11) is 0. The molecule has 2 aromatic carbocycles. The molecule has 0 aliphatic heterocycles. The minimum absolute atomic E-state index is 0.769. The van der Waals surface area contributed by atoms with Gasteiger partial charge in [-0.1, -0.05) is 72.8 Å². The van der Waals surface area contributed by atoms with Crippen molar-refractivity contribution in [2.45, 2.75) is 26.2 Å². The SMILES string of the molecule is c1ccc(-c2cc(-c3ccc(C[n+]4ccc(-c5cc[n+](CC[n+]6ccc(-c7cc[n+](Cc8ccc(-c9cc(-c%10ccccn%10)nc(-c%10ccccn%10)c9)cc8)cc7)cc6)cc5)cc4)cc3)cc(-c3ccccn3)n2)nc1. The molecule has 10 heteroatoms. The van der Waals surface area contributed by atoms with Gasteiger partial charge in [0, 0.05) is 84.4 Å². The highest BCUT2D eigenvalue weighted by molar-refractivity contribution is 5.76. The van der Waals surface area contributed by atoms with Crippen molar-refractivity contribution in [3.8, 4) is 90.1 Å². The third-order valence-electron chi connectivity index (χ3n) is 13.5. The first-order valence-corrected chi connectivity index (χ1v) is 25.4. The average molecular weight is 985 g/mol. The summed E-state index contributed by atoms with van der Waals surface area (Å²) in [4.78, 5) is 28.1. The van der Waals surface area contributed by atoms with Gasteiger partial charge >= 0.3 is 0 Å². The second-order valence-corrected chi connectivity index (χ2v) is 18.7. The van der Waals surface area contributed by atoms with Crippen LogP contribution in [0.2, 0.25) is 0 Å². The summed E-state index contributed by atoms with van der Waals surface area (Å²) in [5, 5.41) is 0. The molecule has 0 spiro atoms. The van der Waals surface area contributed by atoms with E-state index in [0.717, 1.165) is 94.0 Å². The van der Waals surface area contributed by atoms with Gasteiger partial charge < -0.3 is 0 Å². The molecule has 0 aliphatic rings. The molecule has 0 saturated carbocycles. The largest absolute Gasteiger partial charge is 0.255 e. The Balaban J connectivity index is 0.634. The molecule has 0 N–H and O–H groups in total. The fourth-order valence-corrected chi connectivity index (χ4v) is 9.34. The molecular formula is C66H52N10+4. The Hall–Kier alpha value is -10.1. The van der Waals surface area contributed by atoms with Gasteiger partial charge in [0.1, 0.15) is 0 Å². The predicted molar refractivity (Wildman–Crippen MR) is 295 cm³/mol. The number of nitrogens with zero attached hydrogens (tertiary/aromatic N) is 10. The summed E-state index contributed by atoms with van der Waals surface area (Å²) in [6.07, 6.45) is 24.5.